The minimum Gasteiger partial charge on any atom is -0.339 e. The first kappa shape index (κ1) is 23.0. The number of carbonyl (C=O) groups is 1. The van der Waals surface area contributed by atoms with E-state index < -0.39 is 0 Å². The van der Waals surface area contributed by atoms with Gasteiger partial charge in [0.15, 0.2) is 0 Å². The molecule has 0 atom stereocenters. The lowest BCUT2D eigenvalue weighted by atomic mass is 9.86. The number of fused-ring (bicyclic) bond motifs is 1. The monoisotopic (exact) mass is 468 g/mol. The van der Waals surface area contributed by atoms with E-state index in [1.165, 1.54) is 11.1 Å². The summed E-state index contributed by atoms with van der Waals surface area (Å²) in [6, 6.07) is 20.8. The van der Waals surface area contributed by atoms with E-state index in [9.17, 15) is 4.79 Å². The van der Waals surface area contributed by atoms with Crippen molar-refractivity contribution >= 4 is 17.6 Å². The third-order valence-electron chi connectivity index (χ3n) is 6.66. The molecule has 4 aromatic rings. The average Bonchev–Trinajstić information content (AvgIpc) is 3.32. The van der Waals surface area contributed by atoms with E-state index in [1.807, 2.05) is 33.7 Å². The molecule has 1 saturated heterocycles. The van der Waals surface area contributed by atoms with Gasteiger partial charge in [0, 0.05) is 44.4 Å². The van der Waals surface area contributed by atoms with Crippen LogP contribution in [0.15, 0.2) is 66.9 Å². The van der Waals surface area contributed by atoms with Crippen LogP contribution in [0.3, 0.4) is 0 Å². The maximum absolute atomic E-state index is 12.7. The largest absolute Gasteiger partial charge is 0.339 e. The Morgan fingerprint density at radius 2 is 1.63 bits per heavy atom. The maximum atomic E-state index is 12.7. The van der Waals surface area contributed by atoms with E-state index in [-0.39, 0.29) is 11.3 Å². The molecule has 1 amide bonds. The van der Waals surface area contributed by atoms with Gasteiger partial charge in [-0.2, -0.15) is 9.50 Å². The molecule has 0 aliphatic carbocycles. The first-order valence-corrected chi connectivity index (χ1v) is 12.3. The Morgan fingerprint density at radius 3 is 2.31 bits per heavy atom. The predicted molar refractivity (Wildman–Crippen MR) is 138 cm³/mol. The summed E-state index contributed by atoms with van der Waals surface area (Å²) >= 11 is 0. The Balaban J connectivity index is 1.26. The van der Waals surface area contributed by atoms with E-state index >= 15 is 0 Å². The van der Waals surface area contributed by atoms with Crippen LogP contribution in [-0.2, 0) is 16.6 Å². The van der Waals surface area contributed by atoms with E-state index in [1.54, 1.807) is 6.20 Å². The van der Waals surface area contributed by atoms with Crippen molar-refractivity contribution in [3.8, 4) is 11.3 Å². The van der Waals surface area contributed by atoms with Gasteiger partial charge in [0.2, 0.25) is 11.9 Å². The quantitative estimate of drug-likeness (QED) is 0.435. The smallest absolute Gasteiger partial charge is 0.254 e. The van der Waals surface area contributed by atoms with Crippen LogP contribution in [0.5, 0.6) is 0 Å². The van der Waals surface area contributed by atoms with Crippen molar-refractivity contribution in [2.75, 3.05) is 31.1 Å². The number of hydrogen-bond acceptors (Lipinski definition) is 5. The van der Waals surface area contributed by atoms with Crippen LogP contribution >= 0.6 is 0 Å². The second-order valence-electron chi connectivity index (χ2n) is 10.1. The topological polar surface area (TPSA) is 66.6 Å². The highest BCUT2D eigenvalue weighted by molar-refractivity contribution is 5.76. The van der Waals surface area contributed by atoms with Gasteiger partial charge in [-0.05, 0) is 29.0 Å². The summed E-state index contributed by atoms with van der Waals surface area (Å²) in [6.07, 6.45) is 3.10. The Hall–Kier alpha value is -3.74. The standard InChI is InChI=1S/C28H32N6O/c1-28(2,3)23-12-10-22(11-13-23)24-15-16-29-26-30-27(31-34(24)26)33-19-17-32(18-20-33)25(35)14-9-21-7-5-4-6-8-21/h4-8,10-13,15-16H,9,14,17-20H2,1-3H3. The van der Waals surface area contributed by atoms with Crippen LogP contribution in [0.25, 0.3) is 17.0 Å². The summed E-state index contributed by atoms with van der Waals surface area (Å²) in [5.41, 5.74) is 4.64. The van der Waals surface area contributed by atoms with Crippen LogP contribution < -0.4 is 4.90 Å². The summed E-state index contributed by atoms with van der Waals surface area (Å²) < 4.78 is 1.82. The maximum Gasteiger partial charge on any atom is 0.254 e. The molecule has 7 nitrogen and oxygen atoms in total. The molecule has 1 aliphatic rings. The molecular weight excluding hydrogens is 436 g/mol. The van der Waals surface area contributed by atoms with Crippen molar-refractivity contribution in [1.82, 2.24) is 24.5 Å². The fraction of sp³-hybridized carbons (Fsp3) is 0.357. The fourth-order valence-corrected chi connectivity index (χ4v) is 4.49. The number of aryl methyl sites for hydroxylation is 1. The number of amides is 1. The summed E-state index contributed by atoms with van der Waals surface area (Å²) in [7, 11) is 0. The Bertz CT molecular complexity index is 1300. The van der Waals surface area contributed by atoms with Gasteiger partial charge >= 0.3 is 0 Å². The molecular formula is C28H32N6O. The van der Waals surface area contributed by atoms with Gasteiger partial charge < -0.3 is 9.80 Å². The first-order chi connectivity index (χ1) is 16.9. The minimum atomic E-state index is 0.109. The molecule has 2 aromatic carbocycles. The second-order valence-corrected chi connectivity index (χ2v) is 10.1. The Labute approximate surface area is 206 Å². The first-order valence-electron chi connectivity index (χ1n) is 12.3. The van der Waals surface area contributed by atoms with E-state index in [0.29, 0.717) is 44.3 Å². The number of carbonyl (C=O) groups excluding carboxylic acids is 1. The van der Waals surface area contributed by atoms with Crippen molar-refractivity contribution < 1.29 is 4.79 Å². The van der Waals surface area contributed by atoms with Crippen molar-refractivity contribution in [2.45, 2.75) is 39.0 Å². The van der Waals surface area contributed by atoms with Gasteiger partial charge in [-0.1, -0.05) is 75.4 Å². The highest BCUT2D eigenvalue weighted by atomic mass is 16.2. The third kappa shape index (κ3) is 5.04. The molecule has 0 saturated carbocycles. The van der Waals surface area contributed by atoms with Gasteiger partial charge in [-0.3, -0.25) is 4.79 Å². The van der Waals surface area contributed by atoms with Gasteiger partial charge in [0.05, 0.1) is 5.69 Å². The summed E-state index contributed by atoms with van der Waals surface area (Å²) in [4.78, 5) is 25.9. The SMILES string of the molecule is CC(C)(C)c1ccc(-c2ccnc3nc(N4CCN(C(=O)CCc5ccccc5)CC4)nn23)cc1. The molecule has 0 bridgehead atoms. The number of aromatic nitrogens is 4. The molecule has 0 unspecified atom stereocenters. The number of benzene rings is 2. The molecule has 1 fully saturated rings. The van der Waals surface area contributed by atoms with Crippen LogP contribution in [-0.4, -0.2) is 56.6 Å². The average molecular weight is 469 g/mol. The molecule has 35 heavy (non-hydrogen) atoms. The van der Waals surface area contributed by atoms with Gasteiger partial charge in [-0.15, -0.1) is 5.10 Å². The molecule has 0 radical (unpaired) electrons. The summed E-state index contributed by atoms with van der Waals surface area (Å²) in [5.74, 6) is 1.45. The lowest BCUT2D eigenvalue weighted by Crippen LogP contribution is -2.49. The zero-order valence-electron chi connectivity index (χ0n) is 20.7. The lowest BCUT2D eigenvalue weighted by Gasteiger charge is -2.34. The molecule has 3 heterocycles. The van der Waals surface area contributed by atoms with E-state index in [4.69, 9.17) is 5.10 Å². The summed E-state index contributed by atoms with van der Waals surface area (Å²) in [6.45, 7) is 9.43. The second kappa shape index (κ2) is 9.49. The van der Waals surface area contributed by atoms with Crippen molar-refractivity contribution in [3.05, 3.63) is 78.0 Å². The zero-order valence-corrected chi connectivity index (χ0v) is 20.7. The van der Waals surface area contributed by atoms with E-state index in [2.05, 4.69) is 72.0 Å². The van der Waals surface area contributed by atoms with Crippen LogP contribution in [0.1, 0.15) is 38.3 Å². The van der Waals surface area contributed by atoms with Crippen molar-refractivity contribution in [1.29, 1.82) is 0 Å². The highest BCUT2D eigenvalue weighted by Crippen LogP contribution is 2.26. The lowest BCUT2D eigenvalue weighted by molar-refractivity contribution is -0.131. The minimum absolute atomic E-state index is 0.109. The molecule has 180 valence electrons. The van der Waals surface area contributed by atoms with Crippen molar-refractivity contribution in [3.63, 3.8) is 0 Å². The molecule has 1 aliphatic heterocycles. The summed E-state index contributed by atoms with van der Waals surface area (Å²) in [5, 5.41) is 4.80. The van der Waals surface area contributed by atoms with Crippen LogP contribution in [0.2, 0.25) is 0 Å². The zero-order chi connectivity index (χ0) is 24.4. The Kier molecular flexibility index (Phi) is 6.24. The number of hydrogen-bond donors (Lipinski definition) is 0. The number of piperazine rings is 1. The van der Waals surface area contributed by atoms with Crippen LogP contribution in [0.4, 0.5) is 5.95 Å². The molecule has 0 spiro atoms. The normalized spacial score (nSPS) is 14.5. The fourth-order valence-electron chi connectivity index (χ4n) is 4.49. The number of nitrogens with zero attached hydrogens (tertiary/aromatic N) is 6. The molecule has 7 heteroatoms. The van der Waals surface area contributed by atoms with Crippen LogP contribution in [0, 0.1) is 0 Å². The molecule has 2 aromatic heterocycles. The van der Waals surface area contributed by atoms with Gasteiger partial charge in [-0.25, -0.2) is 4.98 Å². The van der Waals surface area contributed by atoms with Gasteiger partial charge in [0.25, 0.3) is 5.78 Å². The van der Waals surface area contributed by atoms with Gasteiger partial charge in [0.1, 0.15) is 0 Å². The number of rotatable bonds is 5. The third-order valence-corrected chi connectivity index (χ3v) is 6.66. The predicted octanol–water partition coefficient (Wildman–Crippen LogP) is 4.37. The molecule has 5 rings (SSSR count). The Morgan fingerprint density at radius 1 is 0.914 bits per heavy atom. The molecule has 0 N–H and O–H groups in total. The van der Waals surface area contributed by atoms with Crippen molar-refractivity contribution in [2.24, 2.45) is 0 Å². The highest BCUT2D eigenvalue weighted by Gasteiger charge is 2.24. The van der Waals surface area contributed by atoms with E-state index in [0.717, 1.165) is 17.7 Å². The number of anilines is 1.